The fourth-order valence-electron chi connectivity index (χ4n) is 2.54. The Balaban J connectivity index is 2.34. The molecule has 1 N–H and O–H groups in total. The molecule has 1 aromatic heterocycles. The second kappa shape index (κ2) is 4.18. The first-order valence-electron chi connectivity index (χ1n) is 5.92. The lowest BCUT2D eigenvalue weighted by molar-refractivity contribution is 0.112. The van der Waals surface area contributed by atoms with E-state index in [0.717, 1.165) is 48.1 Å². The number of hydrogen-bond donors (Lipinski definition) is 1. The Morgan fingerprint density at radius 2 is 2.33 bits per heavy atom. The number of aldehydes is 1. The molecule has 0 amide bonds. The number of nitrogens with one attached hydrogen (secondary N) is 1. The van der Waals surface area contributed by atoms with Crippen LogP contribution >= 0.6 is 11.6 Å². The van der Waals surface area contributed by atoms with Crippen LogP contribution in [0.5, 0.6) is 0 Å². The number of aryl methyl sites for hydroxylation is 1. The largest absolute Gasteiger partial charge is 0.371 e. The number of aromatic nitrogens is 1. The molecule has 0 saturated heterocycles. The smallest absolute Gasteiger partial charge is 0.154 e. The van der Waals surface area contributed by atoms with Gasteiger partial charge in [0.2, 0.25) is 0 Å². The van der Waals surface area contributed by atoms with Crippen LogP contribution < -0.4 is 5.32 Å². The van der Waals surface area contributed by atoms with Crippen LogP contribution in [0.15, 0.2) is 24.8 Å². The first kappa shape index (κ1) is 11.4. The molecule has 1 aliphatic rings. The molecule has 3 nitrogen and oxygen atoms in total. The summed E-state index contributed by atoms with van der Waals surface area (Å²) < 4.78 is 2.16. The predicted molar refractivity (Wildman–Crippen MR) is 75.3 cm³/mol. The molecule has 0 saturated carbocycles. The van der Waals surface area contributed by atoms with Crippen LogP contribution in [0.2, 0.25) is 0 Å². The van der Waals surface area contributed by atoms with E-state index in [1.165, 1.54) is 0 Å². The molecule has 0 radical (unpaired) electrons. The third-order valence-electron chi connectivity index (χ3n) is 3.38. The van der Waals surface area contributed by atoms with Crippen LogP contribution in [0.4, 0.5) is 5.82 Å². The molecule has 2 aromatic rings. The fourth-order valence-corrected chi connectivity index (χ4v) is 2.65. The number of anilines is 1. The summed E-state index contributed by atoms with van der Waals surface area (Å²) in [5.41, 5.74) is 2.64. The van der Waals surface area contributed by atoms with E-state index in [4.69, 9.17) is 11.6 Å². The standard InChI is InChI=1S/C14H13ClN2O/c1-9(15)10-3-4-13-11(7-10)12(8-18)14-16-5-2-6-17(13)14/h3-4,7-8,16H,1-2,5-6H2. The molecular weight excluding hydrogens is 248 g/mol. The Bertz CT molecular complexity index is 657. The second-order valence-corrected chi connectivity index (χ2v) is 4.91. The minimum atomic E-state index is 0.492. The van der Waals surface area contributed by atoms with Crippen LogP contribution in [-0.4, -0.2) is 17.4 Å². The lowest BCUT2D eigenvalue weighted by atomic mass is 10.1. The van der Waals surface area contributed by atoms with Gasteiger partial charge in [-0.3, -0.25) is 4.79 Å². The van der Waals surface area contributed by atoms with Crippen molar-refractivity contribution in [3.05, 3.63) is 35.9 Å². The van der Waals surface area contributed by atoms with E-state index in [-0.39, 0.29) is 0 Å². The van der Waals surface area contributed by atoms with Gasteiger partial charge >= 0.3 is 0 Å². The third-order valence-corrected chi connectivity index (χ3v) is 3.60. The van der Waals surface area contributed by atoms with Crippen LogP contribution in [0.25, 0.3) is 15.9 Å². The van der Waals surface area contributed by atoms with Gasteiger partial charge in [-0.1, -0.05) is 24.2 Å². The normalized spacial score (nSPS) is 14.1. The van der Waals surface area contributed by atoms with Gasteiger partial charge in [-0.05, 0) is 24.1 Å². The number of rotatable bonds is 2. The average molecular weight is 261 g/mol. The van der Waals surface area contributed by atoms with E-state index in [2.05, 4.69) is 16.5 Å². The highest BCUT2D eigenvalue weighted by atomic mass is 35.5. The number of halogens is 1. The molecule has 2 heterocycles. The molecule has 0 bridgehead atoms. The summed E-state index contributed by atoms with van der Waals surface area (Å²) in [5.74, 6) is 0.920. The maximum absolute atomic E-state index is 11.3. The van der Waals surface area contributed by atoms with Crippen molar-refractivity contribution in [1.82, 2.24) is 4.57 Å². The number of nitrogens with zero attached hydrogens (tertiary/aromatic N) is 1. The lowest BCUT2D eigenvalue weighted by Crippen LogP contribution is -2.17. The van der Waals surface area contributed by atoms with Gasteiger partial charge in [0.1, 0.15) is 5.82 Å². The number of carbonyl (C=O) groups is 1. The van der Waals surface area contributed by atoms with Gasteiger partial charge in [-0.15, -0.1) is 0 Å². The molecule has 0 aliphatic carbocycles. The quantitative estimate of drug-likeness (QED) is 0.839. The summed E-state index contributed by atoms with van der Waals surface area (Å²) >= 11 is 5.92. The van der Waals surface area contributed by atoms with Crippen LogP contribution in [0, 0.1) is 0 Å². The predicted octanol–water partition coefficient (Wildman–Crippen LogP) is 3.48. The van der Waals surface area contributed by atoms with Crippen molar-refractivity contribution in [2.75, 3.05) is 11.9 Å². The van der Waals surface area contributed by atoms with Crippen LogP contribution in [0.1, 0.15) is 22.3 Å². The molecule has 0 unspecified atom stereocenters. The van der Waals surface area contributed by atoms with Crippen molar-refractivity contribution in [3.63, 3.8) is 0 Å². The van der Waals surface area contributed by atoms with Crippen molar-refractivity contribution in [1.29, 1.82) is 0 Å². The Morgan fingerprint density at radius 1 is 1.50 bits per heavy atom. The van der Waals surface area contributed by atoms with Crippen LogP contribution in [-0.2, 0) is 6.54 Å². The number of benzene rings is 1. The Hall–Kier alpha value is -1.74. The van der Waals surface area contributed by atoms with E-state index in [0.29, 0.717) is 10.6 Å². The van der Waals surface area contributed by atoms with Crippen molar-refractivity contribution >= 4 is 39.6 Å². The first-order chi connectivity index (χ1) is 8.72. The molecule has 0 atom stereocenters. The van der Waals surface area contributed by atoms with Gasteiger partial charge in [0.15, 0.2) is 6.29 Å². The molecule has 0 spiro atoms. The monoisotopic (exact) mass is 260 g/mol. The maximum atomic E-state index is 11.3. The number of hydrogen-bond acceptors (Lipinski definition) is 2. The second-order valence-electron chi connectivity index (χ2n) is 4.45. The molecule has 0 fully saturated rings. The van der Waals surface area contributed by atoms with Gasteiger partial charge in [0.25, 0.3) is 0 Å². The molecule has 3 rings (SSSR count). The zero-order chi connectivity index (χ0) is 12.7. The maximum Gasteiger partial charge on any atom is 0.154 e. The summed E-state index contributed by atoms with van der Waals surface area (Å²) in [6, 6.07) is 5.87. The van der Waals surface area contributed by atoms with Gasteiger partial charge in [0, 0.05) is 23.5 Å². The summed E-state index contributed by atoms with van der Waals surface area (Å²) in [5, 5.41) is 4.73. The van der Waals surface area contributed by atoms with E-state index in [9.17, 15) is 4.79 Å². The lowest BCUT2D eigenvalue weighted by Gasteiger charge is -2.18. The summed E-state index contributed by atoms with van der Waals surface area (Å²) in [4.78, 5) is 11.3. The van der Waals surface area contributed by atoms with E-state index in [1.807, 2.05) is 18.2 Å². The van der Waals surface area contributed by atoms with E-state index in [1.54, 1.807) is 0 Å². The Kier molecular flexibility index (Phi) is 2.63. The first-order valence-corrected chi connectivity index (χ1v) is 6.30. The highest BCUT2D eigenvalue weighted by molar-refractivity contribution is 6.48. The van der Waals surface area contributed by atoms with Gasteiger partial charge in [0.05, 0.1) is 11.1 Å². The van der Waals surface area contributed by atoms with Gasteiger partial charge < -0.3 is 9.88 Å². The molecule has 92 valence electrons. The molecule has 18 heavy (non-hydrogen) atoms. The SMILES string of the molecule is C=C(Cl)c1ccc2c(c1)c(C=O)c1n2CCCN1. The fraction of sp³-hybridized carbons (Fsp3) is 0.214. The molecular formula is C14H13ClN2O. The number of fused-ring (bicyclic) bond motifs is 3. The van der Waals surface area contributed by atoms with E-state index >= 15 is 0 Å². The third kappa shape index (κ3) is 1.55. The highest BCUT2D eigenvalue weighted by Crippen LogP contribution is 2.33. The highest BCUT2D eigenvalue weighted by Gasteiger charge is 2.19. The molecule has 1 aliphatic heterocycles. The average Bonchev–Trinajstić information content (AvgIpc) is 2.71. The van der Waals surface area contributed by atoms with Gasteiger partial charge in [-0.2, -0.15) is 0 Å². The Labute approximate surface area is 110 Å². The summed E-state index contributed by atoms with van der Waals surface area (Å²) in [6.45, 7) is 5.57. The zero-order valence-corrected chi connectivity index (χ0v) is 10.6. The van der Waals surface area contributed by atoms with Crippen molar-refractivity contribution in [2.24, 2.45) is 0 Å². The van der Waals surface area contributed by atoms with Crippen molar-refractivity contribution < 1.29 is 4.79 Å². The zero-order valence-electron chi connectivity index (χ0n) is 9.87. The van der Waals surface area contributed by atoms with Gasteiger partial charge in [-0.25, -0.2) is 0 Å². The van der Waals surface area contributed by atoms with Crippen LogP contribution in [0.3, 0.4) is 0 Å². The molecule has 4 heteroatoms. The minimum Gasteiger partial charge on any atom is -0.371 e. The summed E-state index contributed by atoms with van der Waals surface area (Å²) in [6.07, 6.45) is 1.98. The molecule has 1 aromatic carbocycles. The summed E-state index contributed by atoms with van der Waals surface area (Å²) in [7, 11) is 0. The van der Waals surface area contributed by atoms with Crippen molar-refractivity contribution in [3.8, 4) is 0 Å². The minimum absolute atomic E-state index is 0.492. The Morgan fingerprint density at radius 3 is 3.06 bits per heavy atom. The van der Waals surface area contributed by atoms with Crippen molar-refractivity contribution in [2.45, 2.75) is 13.0 Å². The van der Waals surface area contributed by atoms with E-state index < -0.39 is 0 Å². The number of carbonyl (C=O) groups excluding carboxylic acids is 1. The topological polar surface area (TPSA) is 34.0 Å².